The van der Waals surface area contributed by atoms with E-state index in [1.54, 1.807) is 0 Å². The molecule has 1 aliphatic carbocycles. The predicted octanol–water partition coefficient (Wildman–Crippen LogP) is 4.41. The molecule has 110 valence electrons. The third kappa shape index (κ3) is 2.72. The normalized spacial score (nSPS) is 20.4. The Hall–Kier alpha value is -1.38. The molecule has 0 saturated heterocycles. The number of benzene rings is 1. The van der Waals surface area contributed by atoms with Crippen LogP contribution in [-0.4, -0.2) is 18.7 Å². The Balaban J connectivity index is 1.80. The van der Waals surface area contributed by atoms with Gasteiger partial charge in [-0.25, -0.2) is 0 Å². The van der Waals surface area contributed by atoms with Crippen LogP contribution in [0.4, 0.5) is 11.4 Å². The van der Waals surface area contributed by atoms with E-state index in [0.717, 1.165) is 31.0 Å². The number of anilines is 2. The Labute approximate surface area is 122 Å². The largest absolute Gasteiger partial charge is 0.491 e. The lowest BCUT2D eigenvalue weighted by atomic mass is 9.87. The molecule has 3 heteroatoms. The second-order valence-corrected chi connectivity index (χ2v) is 6.20. The van der Waals surface area contributed by atoms with Crippen LogP contribution >= 0.6 is 0 Å². The summed E-state index contributed by atoms with van der Waals surface area (Å²) in [7, 11) is 0. The summed E-state index contributed by atoms with van der Waals surface area (Å²) in [6.45, 7) is 3.94. The molecule has 1 saturated carbocycles. The highest BCUT2D eigenvalue weighted by Crippen LogP contribution is 2.41. The van der Waals surface area contributed by atoms with Crippen LogP contribution in [0.15, 0.2) is 18.2 Å². The predicted molar refractivity (Wildman–Crippen MR) is 84.8 cm³/mol. The molecule has 1 aliphatic heterocycles. The standard InChI is InChI=1S/C17H26N2O/c1-2-12-20-15-9-7-8-14-16(15)18-13-17(19-14)10-5-3-4-6-11-17/h7-9,18-19H,2-6,10-13H2,1H3. The molecule has 1 spiro atoms. The first-order valence-corrected chi connectivity index (χ1v) is 8.11. The van der Waals surface area contributed by atoms with Gasteiger partial charge in [0, 0.05) is 6.54 Å². The lowest BCUT2D eigenvalue weighted by Crippen LogP contribution is -2.47. The summed E-state index contributed by atoms with van der Waals surface area (Å²) in [5, 5.41) is 7.47. The number of nitrogens with one attached hydrogen (secondary N) is 2. The Morgan fingerprint density at radius 1 is 1.15 bits per heavy atom. The minimum absolute atomic E-state index is 0.257. The van der Waals surface area contributed by atoms with Crippen molar-refractivity contribution < 1.29 is 4.74 Å². The molecule has 2 aliphatic rings. The third-order valence-corrected chi connectivity index (χ3v) is 4.55. The molecule has 2 N–H and O–H groups in total. The fourth-order valence-electron chi connectivity index (χ4n) is 3.44. The maximum absolute atomic E-state index is 5.85. The van der Waals surface area contributed by atoms with Crippen LogP contribution in [0.3, 0.4) is 0 Å². The van der Waals surface area contributed by atoms with Gasteiger partial charge in [-0.1, -0.05) is 38.7 Å². The monoisotopic (exact) mass is 274 g/mol. The molecule has 0 aromatic heterocycles. The molecule has 0 unspecified atom stereocenters. The number of fused-ring (bicyclic) bond motifs is 1. The van der Waals surface area contributed by atoms with E-state index in [9.17, 15) is 0 Å². The quantitative estimate of drug-likeness (QED) is 0.856. The summed E-state index contributed by atoms with van der Waals surface area (Å²) in [4.78, 5) is 0. The van der Waals surface area contributed by atoms with Crippen LogP contribution in [0.5, 0.6) is 5.75 Å². The summed E-state index contributed by atoms with van der Waals surface area (Å²) in [6, 6.07) is 6.33. The van der Waals surface area contributed by atoms with Crippen LogP contribution < -0.4 is 15.4 Å². The molecule has 1 aromatic carbocycles. The Kier molecular flexibility index (Phi) is 4.04. The van der Waals surface area contributed by atoms with Gasteiger partial charge >= 0.3 is 0 Å². The van der Waals surface area contributed by atoms with Crippen molar-refractivity contribution >= 4 is 11.4 Å². The van der Waals surface area contributed by atoms with Crippen molar-refractivity contribution in [3.05, 3.63) is 18.2 Å². The van der Waals surface area contributed by atoms with E-state index in [2.05, 4.69) is 35.8 Å². The lowest BCUT2D eigenvalue weighted by molar-refractivity contribution is 0.317. The number of ether oxygens (including phenoxy) is 1. The average Bonchev–Trinajstić information content (AvgIpc) is 2.70. The van der Waals surface area contributed by atoms with Gasteiger partial charge in [0.05, 0.1) is 17.8 Å². The molecular formula is C17H26N2O. The van der Waals surface area contributed by atoms with Crippen molar-refractivity contribution in [3.63, 3.8) is 0 Å². The van der Waals surface area contributed by atoms with Crippen molar-refractivity contribution in [3.8, 4) is 5.75 Å². The highest BCUT2D eigenvalue weighted by molar-refractivity contribution is 5.78. The van der Waals surface area contributed by atoms with E-state index < -0.39 is 0 Å². The molecule has 0 amide bonds. The summed E-state index contributed by atoms with van der Waals surface area (Å²) in [5.74, 6) is 0.986. The van der Waals surface area contributed by atoms with Crippen LogP contribution in [0, 0.1) is 0 Å². The first-order valence-electron chi connectivity index (χ1n) is 8.11. The molecule has 1 fully saturated rings. The number of rotatable bonds is 3. The smallest absolute Gasteiger partial charge is 0.144 e. The van der Waals surface area contributed by atoms with Crippen LogP contribution in [0.25, 0.3) is 0 Å². The van der Waals surface area contributed by atoms with Crippen molar-refractivity contribution in [2.45, 2.75) is 57.4 Å². The zero-order valence-electron chi connectivity index (χ0n) is 12.5. The number of hydrogen-bond acceptors (Lipinski definition) is 3. The summed E-state index contributed by atoms with van der Waals surface area (Å²) < 4.78 is 5.85. The Morgan fingerprint density at radius 2 is 1.95 bits per heavy atom. The van der Waals surface area contributed by atoms with Crippen LogP contribution in [0.1, 0.15) is 51.9 Å². The molecule has 3 nitrogen and oxygen atoms in total. The van der Waals surface area contributed by atoms with Gasteiger partial charge in [-0.15, -0.1) is 0 Å². The van der Waals surface area contributed by atoms with E-state index in [-0.39, 0.29) is 5.54 Å². The van der Waals surface area contributed by atoms with E-state index in [4.69, 9.17) is 4.74 Å². The molecule has 0 bridgehead atoms. The average molecular weight is 274 g/mol. The highest BCUT2D eigenvalue weighted by atomic mass is 16.5. The molecular weight excluding hydrogens is 248 g/mol. The fourth-order valence-corrected chi connectivity index (χ4v) is 3.44. The second kappa shape index (κ2) is 5.94. The minimum Gasteiger partial charge on any atom is -0.491 e. The molecule has 1 aromatic rings. The van der Waals surface area contributed by atoms with E-state index in [0.29, 0.717) is 0 Å². The van der Waals surface area contributed by atoms with Crippen molar-refractivity contribution in [1.82, 2.24) is 0 Å². The van der Waals surface area contributed by atoms with Crippen LogP contribution in [-0.2, 0) is 0 Å². The Morgan fingerprint density at radius 3 is 2.70 bits per heavy atom. The Bertz CT molecular complexity index is 450. The van der Waals surface area contributed by atoms with Gasteiger partial charge in [0.1, 0.15) is 11.4 Å². The van der Waals surface area contributed by atoms with Crippen LogP contribution in [0.2, 0.25) is 0 Å². The van der Waals surface area contributed by atoms with Gasteiger partial charge in [-0.2, -0.15) is 0 Å². The second-order valence-electron chi connectivity index (χ2n) is 6.20. The van der Waals surface area contributed by atoms with Crippen molar-refractivity contribution in [2.24, 2.45) is 0 Å². The SMILES string of the molecule is CCCOc1cccc2c1NCC1(CCCCCC1)N2. The summed E-state index contributed by atoms with van der Waals surface area (Å²) in [6.07, 6.45) is 9.05. The zero-order chi connectivity index (χ0) is 13.8. The topological polar surface area (TPSA) is 33.3 Å². The molecule has 0 radical (unpaired) electrons. The maximum atomic E-state index is 5.85. The minimum atomic E-state index is 0.257. The van der Waals surface area contributed by atoms with E-state index in [1.807, 2.05) is 0 Å². The van der Waals surface area contributed by atoms with Gasteiger partial charge in [0.2, 0.25) is 0 Å². The maximum Gasteiger partial charge on any atom is 0.144 e. The van der Waals surface area contributed by atoms with Gasteiger partial charge < -0.3 is 15.4 Å². The highest BCUT2D eigenvalue weighted by Gasteiger charge is 2.34. The first-order chi connectivity index (χ1) is 9.83. The molecule has 1 heterocycles. The summed E-state index contributed by atoms with van der Waals surface area (Å²) >= 11 is 0. The van der Waals surface area contributed by atoms with Gasteiger partial charge in [-0.05, 0) is 31.4 Å². The molecule has 0 atom stereocenters. The summed E-state index contributed by atoms with van der Waals surface area (Å²) in [5.41, 5.74) is 2.62. The van der Waals surface area contributed by atoms with Gasteiger partial charge in [-0.3, -0.25) is 0 Å². The van der Waals surface area contributed by atoms with Crippen molar-refractivity contribution in [2.75, 3.05) is 23.8 Å². The number of para-hydroxylation sites is 1. The molecule has 20 heavy (non-hydrogen) atoms. The third-order valence-electron chi connectivity index (χ3n) is 4.55. The lowest BCUT2D eigenvalue weighted by Gasteiger charge is -2.40. The first kappa shape index (κ1) is 13.6. The molecule has 3 rings (SSSR count). The van der Waals surface area contributed by atoms with Gasteiger partial charge in [0.25, 0.3) is 0 Å². The van der Waals surface area contributed by atoms with Gasteiger partial charge in [0.15, 0.2) is 0 Å². The fraction of sp³-hybridized carbons (Fsp3) is 0.647. The van der Waals surface area contributed by atoms with E-state index in [1.165, 1.54) is 44.2 Å². The van der Waals surface area contributed by atoms with E-state index >= 15 is 0 Å². The number of hydrogen-bond donors (Lipinski definition) is 2. The zero-order valence-corrected chi connectivity index (χ0v) is 12.5. The van der Waals surface area contributed by atoms with Crippen molar-refractivity contribution in [1.29, 1.82) is 0 Å².